The van der Waals surface area contributed by atoms with Crippen molar-refractivity contribution in [3.8, 4) is 0 Å². The van der Waals surface area contributed by atoms with Crippen LogP contribution in [-0.4, -0.2) is 28.2 Å². The lowest BCUT2D eigenvalue weighted by molar-refractivity contribution is 0.0978. The first kappa shape index (κ1) is 13.2. The minimum Gasteiger partial charge on any atom is -0.307 e. The maximum absolute atomic E-state index is 11.9. The van der Waals surface area contributed by atoms with E-state index < -0.39 is 0 Å². The Labute approximate surface area is 101 Å². The number of carbonyl (C=O) groups is 1. The van der Waals surface area contributed by atoms with Crippen molar-refractivity contribution in [1.29, 1.82) is 0 Å². The Hall–Kier alpha value is -0.870. The number of nitrogens with zero attached hydrogens (tertiary/aromatic N) is 2. The number of hydrogen-bond donors (Lipinski definition) is 1. The molecule has 0 bridgehead atoms. The number of halogens is 1. The zero-order valence-electron chi connectivity index (χ0n) is 9.96. The van der Waals surface area contributed by atoms with Crippen LogP contribution in [-0.2, 0) is 6.54 Å². The minimum atomic E-state index is -0.00958. The SMILES string of the molecule is CCCn1ncc(Cl)c1C(=O)CNC(C)C. The number of aryl methyl sites for hydroxylation is 1. The largest absolute Gasteiger partial charge is 0.307 e. The first-order chi connectivity index (χ1) is 7.56. The molecule has 0 aromatic carbocycles. The lowest BCUT2D eigenvalue weighted by atomic mass is 10.2. The van der Waals surface area contributed by atoms with Crippen LogP contribution < -0.4 is 5.32 Å². The summed E-state index contributed by atoms with van der Waals surface area (Å²) in [6, 6.07) is 0.283. The van der Waals surface area contributed by atoms with Gasteiger partial charge in [-0.15, -0.1) is 0 Å². The number of Topliss-reactive ketones (excluding diaryl/α,β-unsaturated/α-hetero) is 1. The molecule has 1 aromatic heterocycles. The highest BCUT2D eigenvalue weighted by Crippen LogP contribution is 2.15. The molecule has 0 fully saturated rings. The van der Waals surface area contributed by atoms with Gasteiger partial charge in [-0.25, -0.2) is 0 Å². The van der Waals surface area contributed by atoms with Crippen molar-refractivity contribution in [2.75, 3.05) is 6.54 Å². The van der Waals surface area contributed by atoms with Crippen molar-refractivity contribution in [3.63, 3.8) is 0 Å². The predicted octanol–water partition coefficient (Wildman–Crippen LogP) is 2.13. The summed E-state index contributed by atoms with van der Waals surface area (Å²) in [4.78, 5) is 11.9. The monoisotopic (exact) mass is 243 g/mol. The van der Waals surface area contributed by atoms with Crippen LogP contribution in [0.2, 0.25) is 5.02 Å². The molecule has 4 nitrogen and oxygen atoms in total. The van der Waals surface area contributed by atoms with Gasteiger partial charge in [0.15, 0.2) is 5.78 Å². The summed E-state index contributed by atoms with van der Waals surface area (Å²) < 4.78 is 1.67. The van der Waals surface area contributed by atoms with E-state index in [1.54, 1.807) is 4.68 Å². The summed E-state index contributed by atoms with van der Waals surface area (Å²) >= 11 is 5.96. The molecule has 0 radical (unpaired) electrons. The van der Waals surface area contributed by atoms with Gasteiger partial charge in [-0.2, -0.15) is 5.10 Å². The van der Waals surface area contributed by atoms with Crippen LogP contribution in [0.5, 0.6) is 0 Å². The minimum absolute atomic E-state index is 0.00958. The average molecular weight is 244 g/mol. The molecule has 90 valence electrons. The van der Waals surface area contributed by atoms with Crippen LogP contribution in [0.4, 0.5) is 0 Å². The molecular formula is C11H18ClN3O. The van der Waals surface area contributed by atoms with E-state index in [9.17, 15) is 4.79 Å². The van der Waals surface area contributed by atoms with E-state index in [0.29, 0.717) is 17.3 Å². The van der Waals surface area contributed by atoms with E-state index in [2.05, 4.69) is 10.4 Å². The maximum Gasteiger partial charge on any atom is 0.196 e. The van der Waals surface area contributed by atoms with Gasteiger partial charge in [0, 0.05) is 12.6 Å². The quantitative estimate of drug-likeness (QED) is 0.779. The van der Waals surface area contributed by atoms with Gasteiger partial charge in [-0.05, 0) is 6.42 Å². The van der Waals surface area contributed by atoms with Crippen molar-refractivity contribution in [2.24, 2.45) is 0 Å². The van der Waals surface area contributed by atoms with Crippen LogP contribution in [0.15, 0.2) is 6.20 Å². The van der Waals surface area contributed by atoms with E-state index in [0.717, 1.165) is 13.0 Å². The first-order valence-electron chi connectivity index (χ1n) is 5.54. The van der Waals surface area contributed by atoms with Crippen molar-refractivity contribution < 1.29 is 4.79 Å². The summed E-state index contributed by atoms with van der Waals surface area (Å²) in [5, 5.41) is 7.60. The molecule has 0 atom stereocenters. The van der Waals surface area contributed by atoms with Gasteiger partial charge in [0.05, 0.1) is 17.8 Å². The molecule has 0 amide bonds. The van der Waals surface area contributed by atoms with E-state index >= 15 is 0 Å². The Kier molecular flexibility index (Phi) is 4.96. The number of hydrogen-bond acceptors (Lipinski definition) is 3. The second-order valence-corrected chi connectivity index (χ2v) is 4.43. The summed E-state index contributed by atoms with van der Waals surface area (Å²) in [6.07, 6.45) is 2.45. The molecule has 0 aliphatic carbocycles. The average Bonchev–Trinajstić information content (AvgIpc) is 2.57. The van der Waals surface area contributed by atoms with Crippen molar-refractivity contribution in [1.82, 2.24) is 15.1 Å². The Morgan fingerprint density at radius 2 is 2.31 bits per heavy atom. The van der Waals surface area contributed by atoms with E-state index in [4.69, 9.17) is 11.6 Å². The molecule has 0 aliphatic rings. The maximum atomic E-state index is 11.9. The third-order valence-corrected chi connectivity index (χ3v) is 2.44. The molecule has 0 saturated heterocycles. The van der Waals surface area contributed by atoms with Gasteiger partial charge in [0.2, 0.25) is 0 Å². The summed E-state index contributed by atoms with van der Waals surface area (Å²) in [7, 11) is 0. The van der Waals surface area contributed by atoms with Crippen molar-refractivity contribution in [3.05, 3.63) is 16.9 Å². The van der Waals surface area contributed by atoms with Crippen LogP contribution in [0.25, 0.3) is 0 Å². The van der Waals surface area contributed by atoms with Gasteiger partial charge < -0.3 is 5.32 Å². The molecule has 0 spiro atoms. The van der Waals surface area contributed by atoms with Crippen molar-refractivity contribution >= 4 is 17.4 Å². The van der Waals surface area contributed by atoms with Gasteiger partial charge in [-0.3, -0.25) is 9.48 Å². The Morgan fingerprint density at radius 3 is 2.88 bits per heavy atom. The molecule has 0 unspecified atom stereocenters. The smallest absolute Gasteiger partial charge is 0.196 e. The van der Waals surface area contributed by atoms with Crippen LogP contribution in [0.1, 0.15) is 37.7 Å². The van der Waals surface area contributed by atoms with Crippen LogP contribution in [0.3, 0.4) is 0 Å². The molecular weight excluding hydrogens is 226 g/mol. The van der Waals surface area contributed by atoms with Gasteiger partial charge >= 0.3 is 0 Å². The summed E-state index contributed by atoms with van der Waals surface area (Å²) in [6.45, 7) is 7.05. The number of ketones is 1. The van der Waals surface area contributed by atoms with Gasteiger partial charge in [0.25, 0.3) is 0 Å². The molecule has 1 heterocycles. The Balaban J connectivity index is 2.76. The highest BCUT2D eigenvalue weighted by Gasteiger charge is 2.16. The number of nitrogens with one attached hydrogen (secondary N) is 1. The third kappa shape index (κ3) is 3.32. The number of aromatic nitrogens is 2. The highest BCUT2D eigenvalue weighted by atomic mass is 35.5. The lowest BCUT2D eigenvalue weighted by Gasteiger charge is -2.09. The molecule has 16 heavy (non-hydrogen) atoms. The van der Waals surface area contributed by atoms with Crippen LogP contribution in [0, 0.1) is 0 Å². The lowest BCUT2D eigenvalue weighted by Crippen LogP contribution is -2.30. The zero-order valence-corrected chi connectivity index (χ0v) is 10.7. The second kappa shape index (κ2) is 6.01. The number of carbonyl (C=O) groups excluding carboxylic acids is 1. The van der Waals surface area contributed by atoms with E-state index in [1.807, 2.05) is 20.8 Å². The standard InChI is InChI=1S/C11H18ClN3O/c1-4-5-15-11(9(12)6-14-15)10(16)7-13-8(2)3/h6,8,13H,4-5,7H2,1-3H3. The van der Waals surface area contributed by atoms with Crippen molar-refractivity contribution in [2.45, 2.75) is 39.8 Å². The summed E-state index contributed by atoms with van der Waals surface area (Å²) in [5.41, 5.74) is 0.511. The summed E-state index contributed by atoms with van der Waals surface area (Å²) in [5.74, 6) is -0.00958. The Bertz CT molecular complexity index is 360. The third-order valence-electron chi connectivity index (χ3n) is 2.17. The number of rotatable bonds is 6. The normalized spacial score (nSPS) is 11.1. The molecule has 0 saturated carbocycles. The molecule has 1 aromatic rings. The van der Waals surface area contributed by atoms with Gasteiger partial charge in [-0.1, -0.05) is 32.4 Å². The molecule has 0 aliphatic heterocycles. The fourth-order valence-corrected chi connectivity index (χ4v) is 1.65. The zero-order chi connectivity index (χ0) is 12.1. The molecule has 5 heteroatoms. The molecule has 1 rings (SSSR count). The fourth-order valence-electron chi connectivity index (χ4n) is 1.40. The second-order valence-electron chi connectivity index (χ2n) is 4.02. The predicted molar refractivity (Wildman–Crippen MR) is 65.0 cm³/mol. The van der Waals surface area contributed by atoms with E-state index in [1.165, 1.54) is 6.20 Å². The first-order valence-corrected chi connectivity index (χ1v) is 5.92. The van der Waals surface area contributed by atoms with E-state index in [-0.39, 0.29) is 11.8 Å². The fraction of sp³-hybridized carbons (Fsp3) is 0.636. The Morgan fingerprint density at radius 1 is 1.62 bits per heavy atom. The van der Waals surface area contributed by atoms with Crippen LogP contribution >= 0.6 is 11.6 Å². The highest BCUT2D eigenvalue weighted by molar-refractivity contribution is 6.33. The molecule has 1 N–H and O–H groups in total. The van der Waals surface area contributed by atoms with Gasteiger partial charge in [0.1, 0.15) is 5.69 Å². The topological polar surface area (TPSA) is 46.9 Å².